The molecule has 3 heteroatoms. The number of fused-ring (bicyclic) bond motifs is 1. The smallest absolute Gasteiger partial charge is 0.0994 e. The summed E-state index contributed by atoms with van der Waals surface area (Å²) in [6.07, 6.45) is 7.58. The Morgan fingerprint density at radius 1 is 1.08 bits per heavy atom. The summed E-state index contributed by atoms with van der Waals surface area (Å²) < 4.78 is 0. The van der Waals surface area contributed by atoms with Crippen molar-refractivity contribution < 1.29 is 5.21 Å². The maximum Gasteiger partial charge on any atom is 0.0994 e. The van der Waals surface area contributed by atoms with Crippen LogP contribution < -0.4 is 5.48 Å². The molecular formula is C21H20N2O. The van der Waals surface area contributed by atoms with Gasteiger partial charge in [0, 0.05) is 6.20 Å². The molecule has 24 heavy (non-hydrogen) atoms. The van der Waals surface area contributed by atoms with Crippen LogP contribution in [-0.4, -0.2) is 5.21 Å². The molecule has 0 radical (unpaired) electrons. The van der Waals surface area contributed by atoms with Crippen molar-refractivity contribution in [2.24, 2.45) is 0 Å². The molecule has 3 rings (SSSR count). The number of hydrogen-bond acceptors (Lipinski definition) is 3. The highest BCUT2D eigenvalue weighted by Crippen LogP contribution is 2.28. The van der Waals surface area contributed by atoms with Gasteiger partial charge in [-0.3, -0.25) is 10.7 Å². The molecule has 0 amide bonds. The molecule has 0 bridgehead atoms. The Balaban J connectivity index is 1.95. The minimum absolute atomic E-state index is 0.796. The summed E-state index contributed by atoms with van der Waals surface area (Å²) in [5, 5.41) is 18.4. The van der Waals surface area contributed by atoms with Gasteiger partial charge >= 0.3 is 0 Å². The Morgan fingerprint density at radius 2 is 1.92 bits per heavy atom. The Morgan fingerprint density at radius 3 is 2.67 bits per heavy atom. The first-order valence-electron chi connectivity index (χ1n) is 8.17. The first-order valence-corrected chi connectivity index (χ1v) is 8.17. The molecule has 3 nitrogen and oxygen atoms in total. The first-order chi connectivity index (χ1) is 11.8. The largest absolute Gasteiger partial charge is 0.292 e. The predicted molar refractivity (Wildman–Crippen MR) is 95.2 cm³/mol. The third-order valence-corrected chi connectivity index (χ3v) is 4.42. The number of allylic oxidation sites excluding steroid dienone is 3. The molecule has 0 fully saturated rings. The lowest BCUT2D eigenvalue weighted by molar-refractivity contribution is 0.215. The summed E-state index contributed by atoms with van der Waals surface area (Å²) in [7, 11) is 0. The molecule has 2 N–H and O–H groups in total. The molecule has 0 unspecified atom stereocenters. The van der Waals surface area contributed by atoms with Crippen molar-refractivity contribution in [3.05, 3.63) is 88.6 Å². The van der Waals surface area contributed by atoms with Crippen molar-refractivity contribution in [3.63, 3.8) is 0 Å². The lowest BCUT2D eigenvalue weighted by atomic mass is 9.96. The number of nitrogens with zero attached hydrogens (tertiary/aromatic N) is 1. The Labute approximate surface area is 142 Å². The molecule has 0 aromatic heterocycles. The fourth-order valence-electron chi connectivity index (χ4n) is 3.28. The van der Waals surface area contributed by atoms with E-state index in [0.717, 1.165) is 42.4 Å². The zero-order valence-corrected chi connectivity index (χ0v) is 13.5. The molecule has 0 atom stereocenters. The molecule has 0 saturated carbocycles. The van der Waals surface area contributed by atoms with Gasteiger partial charge in [0.25, 0.3) is 0 Å². The van der Waals surface area contributed by atoms with Crippen molar-refractivity contribution >= 4 is 5.57 Å². The van der Waals surface area contributed by atoms with Crippen LogP contribution in [0.3, 0.4) is 0 Å². The Bertz CT molecular complexity index is 813. The van der Waals surface area contributed by atoms with Gasteiger partial charge in [-0.2, -0.15) is 5.26 Å². The van der Waals surface area contributed by atoms with Gasteiger partial charge in [-0.1, -0.05) is 54.1 Å². The van der Waals surface area contributed by atoms with Crippen molar-refractivity contribution in [2.45, 2.75) is 25.7 Å². The number of rotatable bonds is 3. The molecule has 0 saturated heterocycles. The summed E-state index contributed by atoms with van der Waals surface area (Å²) in [5.41, 5.74) is 8.71. The lowest BCUT2D eigenvalue weighted by Crippen LogP contribution is -1.98. The van der Waals surface area contributed by atoms with E-state index in [4.69, 9.17) is 5.21 Å². The van der Waals surface area contributed by atoms with E-state index in [2.05, 4.69) is 23.7 Å². The monoisotopic (exact) mass is 316 g/mol. The molecule has 1 aliphatic rings. The summed E-state index contributed by atoms with van der Waals surface area (Å²) in [6, 6.07) is 18.3. The van der Waals surface area contributed by atoms with Crippen molar-refractivity contribution in [1.82, 2.24) is 5.48 Å². The summed E-state index contributed by atoms with van der Waals surface area (Å²) in [6.45, 7) is 0. The van der Waals surface area contributed by atoms with Crippen LogP contribution in [0.15, 0.2) is 66.4 Å². The average Bonchev–Trinajstić information content (AvgIpc) is 2.83. The summed E-state index contributed by atoms with van der Waals surface area (Å²) >= 11 is 0. The van der Waals surface area contributed by atoms with E-state index in [0.29, 0.717) is 0 Å². The summed E-state index contributed by atoms with van der Waals surface area (Å²) in [4.78, 5) is 0. The molecular weight excluding hydrogens is 296 g/mol. The lowest BCUT2D eigenvalue weighted by Gasteiger charge is -2.09. The zero-order chi connectivity index (χ0) is 16.8. The highest BCUT2D eigenvalue weighted by atomic mass is 16.5. The van der Waals surface area contributed by atoms with Crippen LogP contribution in [-0.2, 0) is 12.8 Å². The van der Waals surface area contributed by atoms with Crippen LogP contribution in [0, 0.1) is 11.3 Å². The topological polar surface area (TPSA) is 56.0 Å². The van der Waals surface area contributed by atoms with Crippen molar-refractivity contribution in [3.8, 4) is 6.07 Å². The second kappa shape index (κ2) is 7.63. The van der Waals surface area contributed by atoms with E-state index in [1.165, 1.54) is 16.7 Å². The van der Waals surface area contributed by atoms with Gasteiger partial charge in [0.1, 0.15) is 0 Å². The molecule has 1 aliphatic carbocycles. The molecule has 0 heterocycles. The zero-order valence-electron chi connectivity index (χ0n) is 13.5. The fourth-order valence-corrected chi connectivity index (χ4v) is 3.28. The van der Waals surface area contributed by atoms with Crippen molar-refractivity contribution in [1.29, 1.82) is 5.26 Å². The number of hydrogen-bond donors (Lipinski definition) is 2. The van der Waals surface area contributed by atoms with E-state index in [-0.39, 0.29) is 0 Å². The highest BCUT2D eigenvalue weighted by molar-refractivity contribution is 5.74. The molecule has 0 spiro atoms. The van der Waals surface area contributed by atoms with Gasteiger partial charge in [0.05, 0.1) is 11.6 Å². The van der Waals surface area contributed by atoms with Gasteiger partial charge in [0.15, 0.2) is 0 Å². The second-order valence-corrected chi connectivity index (χ2v) is 5.98. The Kier molecular flexibility index (Phi) is 5.10. The van der Waals surface area contributed by atoms with E-state index in [9.17, 15) is 5.26 Å². The molecule has 2 aromatic carbocycles. The first kappa shape index (κ1) is 16.0. The van der Waals surface area contributed by atoms with Crippen LogP contribution >= 0.6 is 0 Å². The van der Waals surface area contributed by atoms with Crippen LogP contribution in [0.5, 0.6) is 0 Å². The predicted octanol–water partition coefficient (Wildman–Crippen LogP) is 4.38. The number of hydroxylamine groups is 1. The van der Waals surface area contributed by atoms with Crippen molar-refractivity contribution in [2.75, 3.05) is 0 Å². The van der Waals surface area contributed by atoms with E-state index >= 15 is 0 Å². The minimum atomic E-state index is 0.796. The highest BCUT2D eigenvalue weighted by Gasteiger charge is 2.14. The van der Waals surface area contributed by atoms with Crippen LogP contribution in [0.1, 0.15) is 35.1 Å². The van der Waals surface area contributed by atoms with Gasteiger partial charge in [-0.15, -0.1) is 0 Å². The van der Waals surface area contributed by atoms with E-state index < -0.39 is 0 Å². The second-order valence-electron chi connectivity index (χ2n) is 5.98. The normalized spacial score (nSPS) is 16.2. The maximum atomic E-state index is 9.31. The van der Waals surface area contributed by atoms with E-state index in [1.54, 1.807) is 6.20 Å². The maximum absolute atomic E-state index is 9.31. The van der Waals surface area contributed by atoms with Gasteiger partial charge in [-0.05, 0) is 54.0 Å². The third-order valence-electron chi connectivity index (χ3n) is 4.42. The molecule has 120 valence electrons. The van der Waals surface area contributed by atoms with Crippen LogP contribution in [0.4, 0.5) is 0 Å². The van der Waals surface area contributed by atoms with E-state index in [1.807, 2.05) is 42.5 Å². The summed E-state index contributed by atoms with van der Waals surface area (Å²) in [5.74, 6) is 0. The molecule has 0 aliphatic heterocycles. The van der Waals surface area contributed by atoms with Crippen LogP contribution in [0.25, 0.3) is 5.57 Å². The molecule has 2 aromatic rings. The Hall–Kier alpha value is -2.83. The standard InChI is InChI=1S/C21H20N2O/c22-14-19-10-5-9-18-12-16(6-4-11-21(18)19)13-20(15-23-24)17-7-2-1-3-8-17/h1-3,5,7-10,13,15,23-24H,4,6,11-12H2/b16-13+,20-15+. The fraction of sp³-hybridized carbons (Fsp3) is 0.190. The minimum Gasteiger partial charge on any atom is -0.292 e. The number of benzene rings is 2. The average molecular weight is 316 g/mol. The third kappa shape index (κ3) is 3.56. The number of nitrogens with one attached hydrogen (secondary N) is 1. The SMILES string of the molecule is N#Cc1cccc2c1CCC/C(=C\C(=C/NO)c1ccccc1)C2. The number of nitriles is 1. The van der Waals surface area contributed by atoms with Crippen LogP contribution in [0.2, 0.25) is 0 Å². The van der Waals surface area contributed by atoms with Gasteiger partial charge < -0.3 is 0 Å². The van der Waals surface area contributed by atoms with Gasteiger partial charge in [0.2, 0.25) is 0 Å². The quantitative estimate of drug-likeness (QED) is 0.652. The van der Waals surface area contributed by atoms with Gasteiger partial charge in [-0.25, -0.2) is 0 Å².